The quantitative estimate of drug-likeness (QED) is 0.298. The van der Waals surface area contributed by atoms with Crippen molar-refractivity contribution in [3.05, 3.63) is 20.8 Å². The van der Waals surface area contributed by atoms with Crippen LogP contribution in [-0.2, 0) is 4.74 Å². The van der Waals surface area contributed by atoms with Crippen LogP contribution in [0.25, 0.3) is 11.2 Å². The predicted molar refractivity (Wildman–Crippen MR) is 72.2 cm³/mol. The Morgan fingerprint density at radius 3 is 2.59 bits per heavy atom. The molecular weight excluding hydrogens is 300 g/mol. The molecule has 0 aliphatic carbocycles. The van der Waals surface area contributed by atoms with Crippen LogP contribution in [0.4, 0.5) is 5.95 Å². The van der Waals surface area contributed by atoms with Crippen molar-refractivity contribution < 1.29 is 20.1 Å². The summed E-state index contributed by atoms with van der Waals surface area (Å²) >= 11 is 0. The number of nitrogens with two attached hydrogens (primary N) is 2. The number of nitrogen functional groups attached to an aromatic ring is 2. The van der Waals surface area contributed by atoms with Crippen molar-refractivity contribution in [3.63, 3.8) is 0 Å². The number of aliphatic hydroxyl groups is 3. The fourth-order valence-corrected chi connectivity index (χ4v) is 2.41. The first kappa shape index (κ1) is 14.5. The van der Waals surface area contributed by atoms with E-state index in [1.807, 2.05) is 0 Å². The first-order valence-corrected chi connectivity index (χ1v) is 6.27. The molecule has 0 amide bonds. The third-order valence-corrected chi connectivity index (χ3v) is 3.57. The molecule has 2 aromatic rings. The van der Waals surface area contributed by atoms with Crippen molar-refractivity contribution in [1.29, 1.82) is 0 Å². The van der Waals surface area contributed by atoms with Gasteiger partial charge >= 0.3 is 5.69 Å². The number of ether oxygens (including phenoxy) is 1. The summed E-state index contributed by atoms with van der Waals surface area (Å²) in [4.78, 5) is 30.1. The van der Waals surface area contributed by atoms with Crippen molar-refractivity contribution in [1.82, 2.24) is 19.2 Å². The van der Waals surface area contributed by atoms with Gasteiger partial charge < -0.3 is 31.6 Å². The lowest BCUT2D eigenvalue weighted by atomic mass is 10.1. The molecule has 0 aromatic carbocycles. The van der Waals surface area contributed by atoms with Crippen molar-refractivity contribution in [2.75, 3.05) is 18.2 Å². The van der Waals surface area contributed by atoms with Crippen LogP contribution >= 0.6 is 0 Å². The van der Waals surface area contributed by atoms with Gasteiger partial charge in [-0.15, -0.1) is 0 Å². The molecule has 12 heteroatoms. The average Bonchev–Trinajstić information content (AvgIpc) is 2.95. The van der Waals surface area contributed by atoms with Crippen LogP contribution in [-0.4, -0.2) is 59.4 Å². The number of rotatable bonds is 2. The summed E-state index contributed by atoms with van der Waals surface area (Å²) in [5.41, 5.74) is 3.49. The number of imidazole rings is 1. The van der Waals surface area contributed by atoms with Crippen LogP contribution in [0.3, 0.4) is 0 Å². The van der Waals surface area contributed by atoms with E-state index in [2.05, 4.69) is 9.97 Å². The maximum absolute atomic E-state index is 12.1. The highest BCUT2D eigenvalue weighted by Gasteiger charge is 2.44. The van der Waals surface area contributed by atoms with Crippen LogP contribution in [0.2, 0.25) is 0 Å². The Labute approximate surface area is 121 Å². The molecule has 0 saturated carbocycles. The Kier molecular flexibility index (Phi) is 3.17. The molecule has 4 atom stereocenters. The Hall–Kier alpha value is -2.41. The molecular formula is C10H14N6O6. The van der Waals surface area contributed by atoms with Gasteiger partial charge in [-0.25, -0.2) is 9.36 Å². The molecule has 22 heavy (non-hydrogen) atoms. The second-order valence-corrected chi connectivity index (χ2v) is 4.87. The van der Waals surface area contributed by atoms with Crippen LogP contribution in [0.15, 0.2) is 9.59 Å². The third kappa shape index (κ3) is 1.82. The van der Waals surface area contributed by atoms with E-state index in [-0.39, 0.29) is 17.1 Å². The Bertz CT molecular complexity index is 839. The maximum Gasteiger partial charge on any atom is 0.330 e. The molecule has 1 saturated heterocycles. The second kappa shape index (κ2) is 4.81. The minimum Gasteiger partial charge on any atom is -0.394 e. The molecule has 0 radical (unpaired) electrons. The summed E-state index contributed by atoms with van der Waals surface area (Å²) in [7, 11) is 0. The number of anilines is 1. The fraction of sp³-hybridized carbons (Fsp3) is 0.500. The standard InChI is InChI=1S/C10H14N6O6/c11-9-14-6-3(7(20)16(9)12)13-10(21)15(6)8-5(19)4(18)2(1-17)22-8/h2,4-5,8,17-19H,1,12H2,(H2,11,14)(H,13,21)/t2-,4-,5+,8+/m0/s1. The van der Waals surface area contributed by atoms with Gasteiger partial charge in [-0.2, -0.15) is 9.66 Å². The summed E-state index contributed by atoms with van der Waals surface area (Å²) in [6.45, 7) is -0.559. The van der Waals surface area contributed by atoms with E-state index in [0.29, 0.717) is 4.68 Å². The minimum absolute atomic E-state index is 0.177. The van der Waals surface area contributed by atoms with Crippen molar-refractivity contribution in [3.8, 4) is 0 Å². The zero-order valence-electron chi connectivity index (χ0n) is 11.1. The highest BCUT2D eigenvalue weighted by Crippen LogP contribution is 2.29. The largest absolute Gasteiger partial charge is 0.394 e. The highest BCUT2D eigenvalue weighted by molar-refractivity contribution is 5.71. The minimum atomic E-state index is -1.50. The van der Waals surface area contributed by atoms with Gasteiger partial charge in [-0.3, -0.25) is 9.78 Å². The van der Waals surface area contributed by atoms with Crippen LogP contribution in [0, 0.1) is 0 Å². The van der Waals surface area contributed by atoms with Crippen molar-refractivity contribution in [2.24, 2.45) is 0 Å². The van der Waals surface area contributed by atoms with Crippen LogP contribution < -0.4 is 22.8 Å². The van der Waals surface area contributed by atoms with E-state index >= 15 is 0 Å². The average molecular weight is 314 g/mol. The summed E-state index contributed by atoms with van der Waals surface area (Å²) in [6.07, 6.45) is -5.33. The van der Waals surface area contributed by atoms with Gasteiger partial charge in [0.25, 0.3) is 5.56 Å². The number of nitrogens with zero attached hydrogens (tertiary/aromatic N) is 3. The molecule has 120 valence electrons. The SMILES string of the molecule is Nc1nc2c([nH]c(=O)n2[C@@H]2O[C@@H](CO)[C@H](O)[C@H]2O)c(=O)n1N. The van der Waals surface area contributed by atoms with Gasteiger partial charge in [0.1, 0.15) is 18.3 Å². The lowest BCUT2D eigenvalue weighted by Crippen LogP contribution is -2.35. The monoisotopic (exact) mass is 314 g/mol. The Morgan fingerprint density at radius 2 is 2.00 bits per heavy atom. The van der Waals surface area contributed by atoms with Gasteiger partial charge in [-0.1, -0.05) is 0 Å². The summed E-state index contributed by atoms with van der Waals surface area (Å²) in [5.74, 6) is 5.04. The van der Waals surface area contributed by atoms with E-state index in [9.17, 15) is 19.8 Å². The second-order valence-electron chi connectivity index (χ2n) is 4.87. The zero-order valence-corrected chi connectivity index (χ0v) is 11.1. The van der Waals surface area contributed by atoms with Crippen molar-refractivity contribution >= 4 is 17.1 Å². The smallest absolute Gasteiger partial charge is 0.330 e. The third-order valence-electron chi connectivity index (χ3n) is 3.57. The molecule has 3 heterocycles. The Morgan fingerprint density at radius 1 is 1.32 bits per heavy atom. The van der Waals surface area contributed by atoms with E-state index in [4.69, 9.17) is 21.4 Å². The first-order valence-electron chi connectivity index (χ1n) is 6.27. The summed E-state index contributed by atoms with van der Waals surface area (Å²) in [6, 6.07) is 0. The van der Waals surface area contributed by atoms with E-state index in [0.717, 1.165) is 4.57 Å². The molecule has 8 N–H and O–H groups in total. The maximum atomic E-state index is 12.1. The number of hydrogen-bond acceptors (Lipinski definition) is 9. The van der Waals surface area contributed by atoms with Crippen LogP contribution in [0.1, 0.15) is 6.23 Å². The highest BCUT2D eigenvalue weighted by atomic mass is 16.6. The molecule has 12 nitrogen and oxygen atoms in total. The Balaban J connectivity index is 2.22. The molecule has 1 aliphatic heterocycles. The lowest BCUT2D eigenvalue weighted by molar-refractivity contribution is -0.0524. The number of aliphatic hydroxyl groups excluding tert-OH is 3. The number of nitrogens with one attached hydrogen (secondary N) is 1. The number of hydrogen-bond donors (Lipinski definition) is 6. The molecule has 0 unspecified atom stereocenters. The first-order chi connectivity index (χ1) is 10.4. The molecule has 0 bridgehead atoms. The van der Waals surface area contributed by atoms with Gasteiger partial charge in [-0.05, 0) is 0 Å². The molecule has 0 spiro atoms. The molecule has 1 fully saturated rings. The van der Waals surface area contributed by atoms with E-state index in [1.54, 1.807) is 0 Å². The van der Waals surface area contributed by atoms with Gasteiger partial charge in [0.05, 0.1) is 6.61 Å². The molecule has 1 aliphatic rings. The van der Waals surface area contributed by atoms with Crippen molar-refractivity contribution in [2.45, 2.75) is 24.5 Å². The molecule has 2 aromatic heterocycles. The predicted octanol–water partition coefficient (Wildman–Crippen LogP) is -4.21. The fourth-order valence-electron chi connectivity index (χ4n) is 2.41. The van der Waals surface area contributed by atoms with Gasteiger partial charge in [0.15, 0.2) is 17.4 Å². The number of aromatic nitrogens is 4. The number of H-pyrrole nitrogens is 1. The zero-order chi connectivity index (χ0) is 16.2. The van der Waals surface area contributed by atoms with Gasteiger partial charge in [0, 0.05) is 0 Å². The number of fused-ring (bicyclic) bond motifs is 1. The van der Waals surface area contributed by atoms with Crippen LogP contribution in [0.5, 0.6) is 0 Å². The van der Waals surface area contributed by atoms with E-state index in [1.165, 1.54) is 0 Å². The normalized spacial score (nSPS) is 28.5. The molecule has 3 rings (SSSR count). The summed E-state index contributed by atoms with van der Waals surface area (Å²) in [5, 5.41) is 28.8. The lowest BCUT2D eigenvalue weighted by Gasteiger charge is -2.15. The number of aromatic amines is 1. The van der Waals surface area contributed by atoms with E-state index < -0.39 is 42.4 Å². The van der Waals surface area contributed by atoms with Gasteiger partial charge in [0.2, 0.25) is 5.95 Å². The summed E-state index contributed by atoms with van der Waals surface area (Å²) < 4.78 is 6.65. The topological polar surface area (TPSA) is 195 Å².